The molecule has 1 rings (SSSR count). The van der Waals surface area contributed by atoms with Crippen LogP contribution in [0.5, 0.6) is 11.5 Å². The van der Waals surface area contributed by atoms with Crippen molar-refractivity contribution in [2.24, 2.45) is 0 Å². The number of esters is 1. The molecule has 0 aromatic heterocycles. The average Bonchev–Trinajstić information content (AvgIpc) is 2.43. The van der Waals surface area contributed by atoms with Crippen LogP contribution in [-0.4, -0.2) is 23.8 Å². The highest BCUT2D eigenvalue weighted by molar-refractivity contribution is 9.08. The van der Waals surface area contributed by atoms with E-state index in [-0.39, 0.29) is 17.2 Å². The van der Waals surface area contributed by atoms with Gasteiger partial charge in [-0.25, -0.2) is 4.79 Å². The van der Waals surface area contributed by atoms with Crippen LogP contribution >= 0.6 is 15.9 Å². The molecule has 0 saturated carbocycles. The first kappa shape index (κ1) is 21.8. The fourth-order valence-electron chi connectivity index (χ4n) is 2.10. The summed E-state index contributed by atoms with van der Waals surface area (Å²) in [4.78, 5) is 12.4. The molecule has 0 saturated heterocycles. The second-order valence-electron chi connectivity index (χ2n) is 8.00. The number of ether oxygens (including phenoxy) is 3. The van der Waals surface area contributed by atoms with Gasteiger partial charge in [0.15, 0.2) is 0 Å². The Morgan fingerprint density at radius 3 is 1.84 bits per heavy atom. The highest BCUT2D eigenvalue weighted by Crippen LogP contribution is 2.36. The molecule has 1 aromatic carbocycles. The molecule has 0 aliphatic carbocycles. The summed E-state index contributed by atoms with van der Waals surface area (Å²) in [6, 6.07) is 3.48. The first-order valence-electron chi connectivity index (χ1n) is 8.75. The molecule has 0 fully saturated rings. The van der Waals surface area contributed by atoms with E-state index < -0.39 is 0 Å². The molecule has 0 radical (unpaired) electrons. The van der Waals surface area contributed by atoms with Gasteiger partial charge in [0.2, 0.25) is 0 Å². The number of carbonyl (C=O) groups is 1. The van der Waals surface area contributed by atoms with Crippen molar-refractivity contribution >= 4 is 21.9 Å². The number of hydrogen-bond donors (Lipinski definition) is 0. The van der Waals surface area contributed by atoms with E-state index in [2.05, 4.69) is 22.9 Å². The lowest BCUT2D eigenvalue weighted by Gasteiger charge is -2.27. The summed E-state index contributed by atoms with van der Waals surface area (Å²) in [5.74, 6) is 0.911. The van der Waals surface area contributed by atoms with E-state index in [0.717, 1.165) is 18.4 Å². The van der Waals surface area contributed by atoms with Gasteiger partial charge in [0.05, 0.1) is 12.2 Å². The molecule has 0 atom stereocenters. The van der Waals surface area contributed by atoms with Gasteiger partial charge in [0.1, 0.15) is 22.7 Å². The molecule has 0 heterocycles. The van der Waals surface area contributed by atoms with Gasteiger partial charge in [-0.2, -0.15) is 0 Å². The van der Waals surface area contributed by atoms with Gasteiger partial charge >= 0.3 is 5.97 Å². The fourth-order valence-corrected chi connectivity index (χ4v) is 2.66. The van der Waals surface area contributed by atoms with Crippen molar-refractivity contribution in [3.05, 3.63) is 23.3 Å². The van der Waals surface area contributed by atoms with E-state index in [0.29, 0.717) is 29.0 Å². The molecule has 0 N–H and O–H groups in total. The largest absolute Gasteiger partial charge is 0.488 e. The molecule has 0 bridgehead atoms. The lowest BCUT2D eigenvalue weighted by atomic mass is 10.1. The van der Waals surface area contributed by atoms with Crippen LogP contribution in [0.15, 0.2) is 12.1 Å². The molecule has 25 heavy (non-hydrogen) atoms. The lowest BCUT2D eigenvalue weighted by molar-refractivity contribution is 0.0495. The van der Waals surface area contributed by atoms with Gasteiger partial charge < -0.3 is 14.2 Å². The molecule has 5 heteroatoms. The Hall–Kier alpha value is -1.23. The third kappa shape index (κ3) is 7.68. The van der Waals surface area contributed by atoms with Crippen LogP contribution in [0.4, 0.5) is 0 Å². The highest BCUT2D eigenvalue weighted by atomic mass is 79.9. The smallest absolute Gasteiger partial charge is 0.338 e. The van der Waals surface area contributed by atoms with E-state index in [4.69, 9.17) is 14.2 Å². The SMILES string of the molecule is CCCCOC(=O)c1cc(OC(C)(C)C)c(CBr)c(OC(C)(C)C)c1. The van der Waals surface area contributed by atoms with Crippen molar-refractivity contribution in [3.63, 3.8) is 0 Å². The molecule has 0 unspecified atom stereocenters. The van der Waals surface area contributed by atoms with Gasteiger partial charge in [-0.15, -0.1) is 0 Å². The van der Waals surface area contributed by atoms with Gasteiger partial charge in [-0.05, 0) is 60.1 Å². The molecular formula is C20H31BrO4. The first-order valence-corrected chi connectivity index (χ1v) is 9.87. The van der Waals surface area contributed by atoms with Crippen molar-refractivity contribution in [2.75, 3.05) is 6.61 Å². The van der Waals surface area contributed by atoms with Crippen LogP contribution in [0.2, 0.25) is 0 Å². The summed E-state index contributed by atoms with van der Waals surface area (Å²) in [6.07, 6.45) is 1.83. The van der Waals surface area contributed by atoms with Gasteiger partial charge in [0.25, 0.3) is 0 Å². The van der Waals surface area contributed by atoms with Crippen LogP contribution in [-0.2, 0) is 10.1 Å². The zero-order chi connectivity index (χ0) is 19.3. The minimum Gasteiger partial charge on any atom is -0.488 e. The van der Waals surface area contributed by atoms with Gasteiger partial charge in [-0.3, -0.25) is 0 Å². The van der Waals surface area contributed by atoms with Crippen molar-refractivity contribution in [1.82, 2.24) is 0 Å². The van der Waals surface area contributed by atoms with Crippen LogP contribution in [0, 0.1) is 0 Å². The first-order chi connectivity index (χ1) is 11.5. The van der Waals surface area contributed by atoms with Crippen molar-refractivity contribution in [2.45, 2.75) is 77.8 Å². The normalized spacial score (nSPS) is 12.0. The third-order valence-corrected chi connectivity index (χ3v) is 3.66. The summed E-state index contributed by atoms with van der Waals surface area (Å²) in [6.45, 7) is 14.3. The van der Waals surface area contributed by atoms with Crippen molar-refractivity contribution < 1.29 is 19.0 Å². The standard InChI is InChI=1S/C20H31BrO4/c1-8-9-10-23-18(22)14-11-16(24-19(2,3)4)15(13-21)17(12-14)25-20(5,6)7/h11-12H,8-10,13H2,1-7H3. The number of unbranched alkanes of at least 4 members (excludes halogenated alkanes) is 1. The van der Waals surface area contributed by atoms with Crippen molar-refractivity contribution in [1.29, 1.82) is 0 Å². The zero-order valence-corrected chi connectivity index (χ0v) is 18.1. The van der Waals surface area contributed by atoms with Crippen LogP contribution in [0.1, 0.15) is 77.2 Å². The number of hydrogen-bond acceptors (Lipinski definition) is 4. The Morgan fingerprint density at radius 1 is 1.00 bits per heavy atom. The summed E-state index contributed by atoms with van der Waals surface area (Å²) in [5.41, 5.74) is 0.552. The maximum Gasteiger partial charge on any atom is 0.338 e. The molecule has 0 amide bonds. The van der Waals surface area contributed by atoms with Crippen LogP contribution in [0.25, 0.3) is 0 Å². The Labute approximate surface area is 160 Å². The molecule has 1 aromatic rings. The summed E-state index contributed by atoms with van der Waals surface area (Å²) in [5, 5.41) is 0.564. The number of carbonyl (C=O) groups excluding carboxylic acids is 1. The van der Waals surface area contributed by atoms with E-state index in [1.54, 1.807) is 12.1 Å². The Kier molecular flexibility index (Phi) is 7.79. The van der Waals surface area contributed by atoms with Gasteiger partial charge in [-0.1, -0.05) is 29.3 Å². The van der Waals surface area contributed by atoms with Gasteiger partial charge in [0, 0.05) is 10.9 Å². The highest BCUT2D eigenvalue weighted by Gasteiger charge is 2.23. The molecular weight excluding hydrogens is 384 g/mol. The van der Waals surface area contributed by atoms with E-state index in [9.17, 15) is 4.79 Å². The fraction of sp³-hybridized carbons (Fsp3) is 0.650. The Balaban J connectivity index is 3.30. The molecule has 0 spiro atoms. The van der Waals surface area contributed by atoms with Crippen LogP contribution in [0.3, 0.4) is 0 Å². The minimum absolute atomic E-state index is 0.355. The third-order valence-electron chi connectivity index (χ3n) is 3.10. The maximum absolute atomic E-state index is 12.4. The van der Waals surface area contributed by atoms with Crippen molar-refractivity contribution in [3.8, 4) is 11.5 Å². The molecule has 0 aliphatic heterocycles. The minimum atomic E-state index is -0.388. The number of halogens is 1. The van der Waals surface area contributed by atoms with E-state index in [1.807, 2.05) is 41.5 Å². The summed E-state index contributed by atoms with van der Waals surface area (Å²) in [7, 11) is 0. The predicted octanol–water partition coefficient (Wildman–Crippen LogP) is 5.89. The zero-order valence-electron chi connectivity index (χ0n) is 16.5. The summed E-state index contributed by atoms with van der Waals surface area (Å²) >= 11 is 3.51. The average molecular weight is 415 g/mol. The maximum atomic E-state index is 12.4. The quantitative estimate of drug-likeness (QED) is 0.316. The number of rotatable bonds is 7. The second kappa shape index (κ2) is 8.93. The van der Waals surface area contributed by atoms with Crippen LogP contribution < -0.4 is 9.47 Å². The molecule has 4 nitrogen and oxygen atoms in total. The second-order valence-corrected chi connectivity index (χ2v) is 8.56. The Morgan fingerprint density at radius 2 is 1.48 bits per heavy atom. The topological polar surface area (TPSA) is 44.8 Å². The summed E-state index contributed by atoms with van der Waals surface area (Å²) < 4.78 is 17.5. The predicted molar refractivity (Wildman–Crippen MR) is 105 cm³/mol. The number of benzene rings is 1. The molecule has 142 valence electrons. The lowest BCUT2D eigenvalue weighted by Crippen LogP contribution is -2.26. The monoisotopic (exact) mass is 414 g/mol. The Bertz CT molecular complexity index is 545. The van der Waals surface area contributed by atoms with E-state index >= 15 is 0 Å². The van der Waals surface area contributed by atoms with E-state index in [1.165, 1.54) is 0 Å². The number of alkyl halides is 1. The molecule has 0 aliphatic rings.